The predicted molar refractivity (Wildman–Crippen MR) is 61.1 cm³/mol. The van der Waals surface area contributed by atoms with Crippen molar-refractivity contribution in [3.8, 4) is 10.6 Å². The van der Waals surface area contributed by atoms with Crippen molar-refractivity contribution in [1.82, 2.24) is 9.78 Å². The van der Waals surface area contributed by atoms with Crippen LogP contribution >= 0.6 is 11.3 Å². The van der Waals surface area contributed by atoms with E-state index in [1.165, 1.54) is 0 Å². The fourth-order valence-corrected chi connectivity index (χ4v) is 2.02. The first-order valence-electron chi connectivity index (χ1n) is 4.53. The Morgan fingerprint density at radius 2 is 2.47 bits per heavy atom. The molecular formula is C11H10N2OS. The third kappa shape index (κ3) is 1.89. The number of carbonyl (C=O) groups excluding carboxylic acids is 1. The molecule has 0 aromatic carbocycles. The third-order valence-electron chi connectivity index (χ3n) is 2.01. The molecule has 0 spiro atoms. The molecule has 0 N–H and O–H groups in total. The molecule has 0 aliphatic heterocycles. The second-order valence-corrected chi connectivity index (χ2v) is 3.97. The van der Waals surface area contributed by atoms with Crippen LogP contribution in [-0.2, 0) is 6.54 Å². The molecule has 0 aliphatic rings. The van der Waals surface area contributed by atoms with Gasteiger partial charge in [-0.1, -0.05) is 12.1 Å². The van der Waals surface area contributed by atoms with Crippen LogP contribution in [0.25, 0.3) is 10.6 Å². The van der Waals surface area contributed by atoms with Crippen molar-refractivity contribution >= 4 is 17.6 Å². The highest BCUT2D eigenvalue weighted by Crippen LogP contribution is 2.23. The van der Waals surface area contributed by atoms with Crippen molar-refractivity contribution in [2.45, 2.75) is 6.54 Å². The summed E-state index contributed by atoms with van der Waals surface area (Å²) in [5.41, 5.74) is 1.42. The maximum Gasteiger partial charge on any atom is 0.168 e. The van der Waals surface area contributed by atoms with E-state index in [4.69, 9.17) is 0 Å². The van der Waals surface area contributed by atoms with E-state index < -0.39 is 0 Å². The van der Waals surface area contributed by atoms with Crippen LogP contribution < -0.4 is 0 Å². The van der Waals surface area contributed by atoms with Gasteiger partial charge in [0.2, 0.25) is 0 Å². The molecule has 0 bridgehead atoms. The average Bonchev–Trinajstić information content (AvgIpc) is 2.84. The van der Waals surface area contributed by atoms with Gasteiger partial charge in [0.25, 0.3) is 0 Å². The molecular weight excluding hydrogens is 208 g/mol. The molecule has 0 atom stereocenters. The molecule has 0 unspecified atom stereocenters. The van der Waals surface area contributed by atoms with Gasteiger partial charge in [-0.15, -0.1) is 17.9 Å². The van der Waals surface area contributed by atoms with E-state index in [1.807, 2.05) is 17.5 Å². The average molecular weight is 218 g/mol. The van der Waals surface area contributed by atoms with Gasteiger partial charge in [0.1, 0.15) is 11.4 Å². The minimum atomic E-state index is 0.555. The molecule has 0 amide bonds. The van der Waals surface area contributed by atoms with Crippen LogP contribution in [0.1, 0.15) is 10.5 Å². The first-order chi connectivity index (χ1) is 7.35. The zero-order chi connectivity index (χ0) is 10.7. The smallest absolute Gasteiger partial charge is 0.168 e. The topological polar surface area (TPSA) is 34.9 Å². The number of aldehydes is 1. The van der Waals surface area contributed by atoms with Crippen molar-refractivity contribution in [1.29, 1.82) is 0 Å². The molecule has 0 fully saturated rings. The molecule has 2 rings (SSSR count). The summed E-state index contributed by atoms with van der Waals surface area (Å²) in [4.78, 5) is 11.9. The summed E-state index contributed by atoms with van der Waals surface area (Å²) in [5, 5.41) is 6.33. The van der Waals surface area contributed by atoms with Crippen molar-refractivity contribution < 1.29 is 4.79 Å². The highest BCUT2D eigenvalue weighted by atomic mass is 32.1. The highest BCUT2D eigenvalue weighted by molar-refractivity contribution is 7.13. The largest absolute Gasteiger partial charge is 0.296 e. The number of aromatic nitrogens is 2. The Labute approximate surface area is 91.7 Å². The number of hydrogen-bond donors (Lipinski definition) is 0. The van der Waals surface area contributed by atoms with Crippen LogP contribution in [0.5, 0.6) is 0 Å². The van der Waals surface area contributed by atoms with Crippen molar-refractivity contribution in [2.75, 3.05) is 0 Å². The van der Waals surface area contributed by atoms with Crippen molar-refractivity contribution in [2.24, 2.45) is 0 Å². The maximum absolute atomic E-state index is 10.8. The second-order valence-electron chi connectivity index (χ2n) is 3.02. The van der Waals surface area contributed by atoms with Gasteiger partial charge in [0.15, 0.2) is 6.29 Å². The molecule has 4 heteroatoms. The minimum absolute atomic E-state index is 0.555. The number of allylic oxidation sites excluding steroid dienone is 1. The van der Waals surface area contributed by atoms with Gasteiger partial charge < -0.3 is 0 Å². The molecule has 76 valence electrons. The van der Waals surface area contributed by atoms with Gasteiger partial charge in [0.05, 0.1) is 11.4 Å². The summed E-state index contributed by atoms with van der Waals surface area (Å²) < 4.78 is 1.65. The van der Waals surface area contributed by atoms with Crippen molar-refractivity contribution in [3.05, 3.63) is 41.9 Å². The van der Waals surface area contributed by atoms with Crippen LogP contribution in [-0.4, -0.2) is 16.1 Å². The SMILES string of the molecule is C=CCn1nc(-c2cccs2)cc1C=O. The second kappa shape index (κ2) is 4.23. The minimum Gasteiger partial charge on any atom is -0.296 e. The molecule has 0 radical (unpaired) electrons. The van der Waals surface area contributed by atoms with E-state index in [0.29, 0.717) is 12.2 Å². The Hall–Kier alpha value is -1.68. The van der Waals surface area contributed by atoms with E-state index >= 15 is 0 Å². The summed E-state index contributed by atoms with van der Waals surface area (Å²) in [6.07, 6.45) is 2.53. The van der Waals surface area contributed by atoms with Crippen LogP contribution in [0.2, 0.25) is 0 Å². The summed E-state index contributed by atoms with van der Waals surface area (Å²) in [6.45, 7) is 4.18. The van der Waals surface area contributed by atoms with Gasteiger partial charge in [-0.25, -0.2) is 0 Å². The molecule has 15 heavy (non-hydrogen) atoms. The standard InChI is InChI=1S/C11H10N2OS/c1-2-5-13-9(8-14)7-10(12-13)11-4-3-6-15-11/h2-4,6-8H,1,5H2. The van der Waals surface area contributed by atoms with Crippen LogP contribution in [0, 0.1) is 0 Å². The fourth-order valence-electron chi connectivity index (χ4n) is 1.34. The fraction of sp³-hybridized carbons (Fsp3) is 0.0909. The van der Waals surface area contributed by atoms with Crippen molar-refractivity contribution in [3.63, 3.8) is 0 Å². The lowest BCUT2D eigenvalue weighted by Gasteiger charge is -1.96. The molecule has 0 saturated heterocycles. The lowest BCUT2D eigenvalue weighted by Crippen LogP contribution is -2.01. The molecule has 0 saturated carbocycles. The molecule has 0 aliphatic carbocycles. The van der Waals surface area contributed by atoms with Gasteiger partial charge >= 0.3 is 0 Å². The number of thiophene rings is 1. The van der Waals surface area contributed by atoms with Crippen LogP contribution in [0.3, 0.4) is 0 Å². The molecule has 2 heterocycles. The highest BCUT2D eigenvalue weighted by Gasteiger charge is 2.08. The zero-order valence-corrected chi connectivity index (χ0v) is 8.91. The Bertz CT molecular complexity index is 471. The number of rotatable bonds is 4. The van der Waals surface area contributed by atoms with Gasteiger partial charge in [-0.3, -0.25) is 9.48 Å². The lowest BCUT2D eigenvalue weighted by molar-refractivity contribution is 0.111. The Morgan fingerprint density at radius 1 is 1.60 bits per heavy atom. The Morgan fingerprint density at radius 3 is 3.07 bits per heavy atom. The van der Waals surface area contributed by atoms with Gasteiger partial charge in [0, 0.05) is 0 Å². The van der Waals surface area contributed by atoms with Crippen LogP contribution in [0.4, 0.5) is 0 Å². The number of hydrogen-bond acceptors (Lipinski definition) is 3. The van der Waals surface area contributed by atoms with Crippen LogP contribution in [0.15, 0.2) is 36.2 Å². The molecule has 2 aromatic rings. The summed E-state index contributed by atoms with van der Waals surface area (Å²) in [5.74, 6) is 0. The summed E-state index contributed by atoms with van der Waals surface area (Å²) >= 11 is 1.61. The summed E-state index contributed by atoms with van der Waals surface area (Å²) in [7, 11) is 0. The predicted octanol–water partition coefficient (Wildman–Crippen LogP) is 2.61. The molecule has 3 nitrogen and oxygen atoms in total. The number of carbonyl (C=O) groups is 1. The van der Waals surface area contributed by atoms with Gasteiger partial charge in [-0.05, 0) is 17.5 Å². The summed E-state index contributed by atoms with van der Waals surface area (Å²) in [6, 6.07) is 5.75. The lowest BCUT2D eigenvalue weighted by atomic mass is 10.3. The normalized spacial score (nSPS) is 10.1. The third-order valence-corrected chi connectivity index (χ3v) is 2.90. The first-order valence-corrected chi connectivity index (χ1v) is 5.41. The quantitative estimate of drug-likeness (QED) is 0.584. The first kappa shape index (κ1) is 9.86. The van der Waals surface area contributed by atoms with E-state index in [-0.39, 0.29) is 0 Å². The van der Waals surface area contributed by atoms with E-state index in [9.17, 15) is 4.79 Å². The van der Waals surface area contributed by atoms with E-state index in [1.54, 1.807) is 28.2 Å². The molecule has 2 aromatic heterocycles. The number of nitrogens with zero attached hydrogens (tertiary/aromatic N) is 2. The maximum atomic E-state index is 10.8. The Balaban J connectivity index is 2.42. The van der Waals surface area contributed by atoms with E-state index in [0.717, 1.165) is 16.9 Å². The van der Waals surface area contributed by atoms with Gasteiger partial charge in [-0.2, -0.15) is 5.10 Å². The Kier molecular flexibility index (Phi) is 2.78. The monoisotopic (exact) mass is 218 g/mol. The zero-order valence-electron chi connectivity index (χ0n) is 8.09. The van der Waals surface area contributed by atoms with E-state index in [2.05, 4.69) is 11.7 Å².